The van der Waals surface area contributed by atoms with Crippen LogP contribution < -0.4 is 48.1 Å². The molecule has 25 nitrogen and oxygen atoms in total. The molecule has 2 unspecified atom stereocenters. The molecule has 3 aromatic carbocycles. The van der Waals surface area contributed by atoms with Crippen molar-refractivity contribution in [3.05, 3.63) is 114 Å². The van der Waals surface area contributed by atoms with Gasteiger partial charge in [-0.3, -0.25) is 74.9 Å². The highest BCUT2D eigenvalue weighted by atomic mass is 31.2. The predicted octanol–water partition coefficient (Wildman–Crippen LogP) is -1.96. The van der Waals surface area contributed by atoms with Crippen LogP contribution in [0.3, 0.4) is 0 Å². The van der Waals surface area contributed by atoms with Gasteiger partial charge in [-0.2, -0.15) is 0 Å². The van der Waals surface area contributed by atoms with Crippen LogP contribution in [0.4, 0.5) is 0 Å². The Hall–Kier alpha value is -6.51. The normalized spacial score (nSPS) is 15.2. The van der Waals surface area contributed by atoms with Crippen LogP contribution in [0, 0.1) is 0 Å². The van der Waals surface area contributed by atoms with Crippen LogP contribution >= 0.6 is 7.60 Å². The summed E-state index contributed by atoms with van der Waals surface area (Å²) in [6, 6.07) is 23.5. The summed E-state index contributed by atoms with van der Waals surface area (Å²) in [5.74, 6) is -0.897. The molecule has 0 saturated carbocycles. The van der Waals surface area contributed by atoms with Gasteiger partial charge in [0, 0.05) is 25.8 Å². The lowest BCUT2D eigenvalue weighted by Gasteiger charge is -2.40. The molecule has 1 heterocycles. The fourth-order valence-corrected chi connectivity index (χ4v) is 7.76. The number of rotatable bonds is 27. The first-order chi connectivity index (χ1) is 32.5. The molecule has 0 bridgehead atoms. The Balaban J connectivity index is 1.35. The maximum absolute atomic E-state index is 13.5. The van der Waals surface area contributed by atoms with Crippen molar-refractivity contribution in [2.24, 2.45) is 5.84 Å². The summed E-state index contributed by atoms with van der Waals surface area (Å²) in [5, 5.41) is 39.9. The zero-order valence-electron chi connectivity index (χ0n) is 37.0. The maximum Gasteiger partial charge on any atom is 0.346 e. The minimum atomic E-state index is -4.59. The number of aliphatic carboxylic acids is 3. The van der Waals surface area contributed by atoms with Crippen LogP contribution in [0.25, 0.3) is 0 Å². The van der Waals surface area contributed by atoms with Crippen molar-refractivity contribution in [3.8, 4) is 5.75 Å². The average Bonchev–Trinajstić information content (AvgIpc) is 3.27. The molecular weight excluding hydrogens is 912 g/mol. The van der Waals surface area contributed by atoms with Crippen LogP contribution in [0.5, 0.6) is 5.75 Å². The van der Waals surface area contributed by atoms with E-state index in [1.807, 2.05) is 60.7 Å². The van der Waals surface area contributed by atoms with E-state index in [9.17, 15) is 58.4 Å². The number of carboxylic acid groups (broad SMARTS) is 3. The van der Waals surface area contributed by atoms with E-state index in [-0.39, 0.29) is 59.3 Å². The molecule has 1 aliphatic rings. The quantitative estimate of drug-likeness (QED) is 0.0171. The van der Waals surface area contributed by atoms with Gasteiger partial charge in [0.05, 0.1) is 65.1 Å². The summed E-state index contributed by atoms with van der Waals surface area (Å²) in [6.07, 6.45) is 1.48. The fourth-order valence-electron chi connectivity index (χ4n) is 6.87. The van der Waals surface area contributed by atoms with E-state index < -0.39 is 81.2 Å². The van der Waals surface area contributed by atoms with Gasteiger partial charge in [0.2, 0.25) is 5.91 Å². The SMILES string of the molecule is NN/C(=C\NCCC(NC(=O)CNCc1ccccc1)C(=O)NNC(=O)CN1CN(CC(=O)O)CN(CC(=O)O)CN(CC(=O)O)C1)COc1ccc(C(NCc2ccccc2)P(=O)(O)O)cc1. The molecule has 0 aromatic heterocycles. The minimum absolute atomic E-state index is 0.00485. The Bertz CT molecular complexity index is 2160. The summed E-state index contributed by atoms with van der Waals surface area (Å²) in [6.45, 7) is -2.21. The molecule has 3 amide bonds. The smallest absolute Gasteiger partial charge is 0.346 e. The van der Waals surface area contributed by atoms with Crippen molar-refractivity contribution in [2.45, 2.75) is 31.3 Å². The summed E-state index contributed by atoms with van der Waals surface area (Å²) < 4.78 is 18.2. The molecule has 0 radical (unpaired) electrons. The van der Waals surface area contributed by atoms with Crippen LogP contribution in [-0.4, -0.2) is 159 Å². The third-order valence-electron chi connectivity index (χ3n) is 9.79. The molecule has 4 rings (SSSR count). The number of hydrazine groups is 2. The average molecular weight is 971 g/mol. The number of hydrogen-bond donors (Lipinski definition) is 13. The van der Waals surface area contributed by atoms with Gasteiger partial charge in [0.15, 0.2) is 0 Å². The summed E-state index contributed by atoms with van der Waals surface area (Å²) >= 11 is 0. The number of nitrogens with zero attached hydrogens (tertiary/aromatic N) is 4. The van der Waals surface area contributed by atoms with Crippen molar-refractivity contribution in [3.63, 3.8) is 0 Å². The molecule has 1 aliphatic heterocycles. The van der Waals surface area contributed by atoms with Crippen molar-refractivity contribution in [1.82, 2.24) is 57.1 Å². The van der Waals surface area contributed by atoms with Gasteiger partial charge in [-0.25, -0.2) is 0 Å². The molecule has 2 atom stereocenters. The molecule has 68 heavy (non-hydrogen) atoms. The first-order valence-corrected chi connectivity index (χ1v) is 22.8. The molecule has 1 saturated heterocycles. The first kappa shape index (κ1) is 54.1. The largest absolute Gasteiger partial charge is 0.487 e. The molecular formula is C42H59N12O13P. The Morgan fingerprint density at radius 2 is 1.21 bits per heavy atom. The van der Waals surface area contributed by atoms with E-state index in [0.717, 1.165) is 11.1 Å². The second-order valence-electron chi connectivity index (χ2n) is 15.6. The number of carboxylic acids is 3. The summed E-state index contributed by atoms with van der Waals surface area (Å²) in [4.78, 5) is 100.0. The zero-order valence-corrected chi connectivity index (χ0v) is 37.9. The molecule has 1 fully saturated rings. The molecule has 0 aliphatic carbocycles. The lowest BCUT2D eigenvalue weighted by molar-refractivity contribution is -0.145. The Kier molecular flexibility index (Phi) is 22.3. The maximum atomic E-state index is 13.5. The second-order valence-corrected chi connectivity index (χ2v) is 17.3. The highest BCUT2D eigenvalue weighted by Gasteiger charge is 2.31. The van der Waals surface area contributed by atoms with Gasteiger partial charge in [0.25, 0.3) is 11.8 Å². The highest BCUT2D eigenvalue weighted by Crippen LogP contribution is 2.50. The number of amides is 3. The monoisotopic (exact) mass is 970 g/mol. The molecule has 0 spiro atoms. The first-order valence-electron chi connectivity index (χ1n) is 21.1. The second kappa shape index (κ2) is 28.0. The van der Waals surface area contributed by atoms with Gasteiger partial charge < -0.3 is 51.2 Å². The number of nitrogens with two attached hydrogens (primary N) is 1. The topological polar surface area (TPSA) is 353 Å². The summed E-state index contributed by atoms with van der Waals surface area (Å²) in [5.41, 5.74) is 9.58. The van der Waals surface area contributed by atoms with E-state index in [1.165, 1.54) is 37.9 Å². The van der Waals surface area contributed by atoms with Gasteiger partial charge in [-0.1, -0.05) is 72.8 Å². The number of ether oxygens (including phenoxy) is 1. The van der Waals surface area contributed by atoms with E-state index >= 15 is 0 Å². The van der Waals surface area contributed by atoms with Crippen LogP contribution in [0.2, 0.25) is 0 Å². The van der Waals surface area contributed by atoms with Crippen molar-refractivity contribution in [2.75, 3.05) is 72.6 Å². The zero-order chi connectivity index (χ0) is 49.5. The molecule has 14 N–H and O–H groups in total. The van der Waals surface area contributed by atoms with Gasteiger partial charge in [-0.05, 0) is 35.2 Å². The third-order valence-corrected chi connectivity index (χ3v) is 10.9. The number of benzene rings is 3. The van der Waals surface area contributed by atoms with Crippen LogP contribution in [0.1, 0.15) is 28.9 Å². The molecule has 26 heteroatoms. The van der Waals surface area contributed by atoms with E-state index in [1.54, 1.807) is 12.1 Å². The number of carbonyl (C=O) groups is 6. The van der Waals surface area contributed by atoms with Gasteiger partial charge >= 0.3 is 25.5 Å². The van der Waals surface area contributed by atoms with Crippen molar-refractivity contribution < 1.29 is 63.2 Å². The Morgan fingerprint density at radius 1 is 0.691 bits per heavy atom. The Morgan fingerprint density at radius 3 is 1.71 bits per heavy atom. The van der Waals surface area contributed by atoms with Crippen LogP contribution in [-0.2, 0) is 46.4 Å². The predicted molar refractivity (Wildman–Crippen MR) is 244 cm³/mol. The lowest BCUT2D eigenvalue weighted by atomic mass is 10.2. The molecule has 3 aromatic rings. The van der Waals surface area contributed by atoms with E-state index in [0.29, 0.717) is 23.6 Å². The third kappa shape index (κ3) is 20.6. The van der Waals surface area contributed by atoms with Gasteiger partial charge in [-0.15, -0.1) is 0 Å². The Labute approximate surface area is 391 Å². The lowest BCUT2D eigenvalue weighted by Crippen LogP contribution is -2.59. The number of nitrogens with one attached hydrogen (secondary N) is 7. The van der Waals surface area contributed by atoms with Crippen molar-refractivity contribution >= 4 is 43.2 Å². The van der Waals surface area contributed by atoms with E-state index in [2.05, 4.69) is 37.5 Å². The fraction of sp³-hybridized carbons (Fsp3) is 0.381. The summed E-state index contributed by atoms with van der Waals surface area (Å²) in [7, 11) is -4.59. The van der Waals surface area contributed by atoms with Crippen LogP contribution in [0.15, 0.2) is 96.8 Å². The minimum Gasteiger partial charge on any atom is -0.487 e. The van der Waals surface area contributed by atoms with Gasteiger partial charge in [0.1, 0.15) is 24.2 Å². The standard InChI is InChI=1S/C42H59N12O13P/c43-48-33(25-67-34-13-11-32(12-14-34)42(68(64,65)66)46-18-31-9-5-2-6-10-31)19-44-16-15-35(47-36(55)20-45-17-30-7-3-1-4-8-30)41(63)50-49-37(56)21-51-26-52(22-38(57)58)28-54(24-40(61)62)29-53(27-51)23-39(59)60/h1-14,19,35,42,44-46,48H,15-18,20-29,43H2,(H,47,55)(H,49,56)(H,50,63)(H,57,58)(H,59,60)(H,61,62)(H2,64,65,66)/b33-19-. The number of hydrogen-bond acceptors (Lipinski definition) is 17. The van der Waals surface area contributed by atoms with Crippen molar-refractivity contribution in [1.29, 1.82) is 0 Å². The molecule has 370 valence electrons. The number of carbonyl (C=O) groups excluding carboxylic acids is 3. The van der Waals surface area contributed by atoms with E-state index in [4.69, 9.17) is 10.6 Å². The highest BCUT2D eigenvalue weighted by molar-refractivity contribution is 7.52.